The summed E-state index contributed by atoms with van der Waals surface area (Å²) in [6.45, 7) is 0. The Labute approximate surface area is 118 Å². The Morgan fingerprint density at radius 3 is 2.80 bits per heavy atom. The average molecular weight is 269 g/mol. The first-order chi connectivity index (χ1) is 9.90. The quantitative estimate of drug-likeness (QED) is 0.921. The molecule has 0 aromatic carbocycles. The monoisotopic (exact) mass is 269 g/mol. The van der Waals surface area contributed by atoms with E-state index >= 15 is 0 Å². The summed E-state index contributed by atoms with van der Waals surface area (Å²) in [4.78, 5) is 4.35. The number of nitrogens with one attached hydrogen (secondary N) is 1. The predicted molar refractivity (Wildman–Crippen MR) is 76.7 cm³/mol. The summed E-state index contributed by atoms with van der Waals surface area (Å²) < 4.78 is 5.99. The average Bonchev–Trinajstić information content (AvgIpc) is 2.99. The van der Waals surface area contributed by atoms with Crippen LogP contribution in [0.4, 0.5) is 0 Å². The first-order valence-corrected chi connectivity index (χ1v) is 7.56. The van der Waals surface area contributed by atoms with Crippen molar-refractivity contribution in [3.63, 3.8) is 0 Å². The van der Waals surface area contributed by atoms with E-state index in [0.717, 1.165) is 24.3 Å². The van der Waals surface area contributed by atoms with Crippen molar-refractivity contribution in [3.05, 3.63) is 30.2 Å². The molecule has 0 aliphatic heterocycles. The van der Waals surface area contributed by atoms with Gasteiger partial charge in [0, 0.05) is 29.4 Å². The maximum absolute atomic E-state index is 5.99. The molecule has 2 aromatic heterocycles. The Hall–Kier alpha value is -1.84. The van der Waals surface area contributed by atoms with Crippen LogP contribution in [0.2, 0.25) is 0 Å². The molecular weight excluding hydrogens is 250 g/mol. The Balaban J connectivity index is 1.59. The van der Waals surface area contributed by atoms with E-state index in [4.69, 9.17) is 4.74 Å². The molecule has 4 heteroatoms. The van der Waals surface area contributed by atoms with E-state index in [0.29, 0.717) is 12.0 Å². The lowest BCUT2D eigenvalue weighted by molar-refractivity contribution is 0.201. The third-order valence-electron chi connectivity index (χ3n) is 4.29. The first kappa shape index (κ1) is 11.9. The van der Waals surface area contributed by atoms with Crippen LogP contribution in [-0.2, 0) is 0 Å². The summed E-state index contributed by atoms with van der Waals surface area (Å²) in [6, 6.07) is 4.09. The molecule has 1 N–H and O–H groups in total. The van der Waals surface area contributed by atoms with Crippen molar-refractivity contribution in [3.8, 4) is 17.0 Å². The van der Waals surface area contributed by atoms with Gasteiger partial charge >= 0.3 is 0 Å². The number of aromatic nitrogens is 3. The highest BCUT2D eigenvalue weighted by molar-refractivity contribution is 5.66. The lowest BCUT2D eigenvalue weighted by Gasteiger charge is -2.12. The van der Waals surface area contributed by atoms with Gasteiger partial charge in [0.1, 0.15) is 6.10 Å². The molecule has 2 saturated carbocycles. The van der Waals surface area contributed by atoms with Gasteiger partial charge in [-0.15, -0.1) is 0 Å². The van der Waals surface area contributed by atoms with Crippen LogP contribution in [-0.4, -0.2) is 21.3 Å². The van der Waals surface area contributed by atoms with Gasteiger partial charge in [0.05, 0.1) is 6.20 Å². The molecule has 2 fully saturated rings. The van der Waals surface area contributed by atoms with Gasteiger partial charge in [-0.2, -0.15) is 5.10 Å². The minimum absolute atomic E-state index is 0.352. The molecule has 0 amide bonds. The van der Waals surface area contributed by atoms with E-state index in [-0.39, 0.29) is 0 Å². The largest absolute Gasteiger partial charge is 0.474 e. The fourth-order valence-electron chi connectivity index (χ4n) is 3.03. The number of H-pyrrole nitrogens is 1. The zero-order valence-electron chi connectivity index (χ0n) is 11.5. The zero-order valence-corrected chi connectivity index (χ0v) is 11.5. The summed E-state index contributed by atoms with van der Waals surface area (Å²) in [5, 5.41) is 7.35. The standard InChI is InChI=1S/C16H19N3O/c1-2-4-13(3-1)20-15-9-12(7-8-17-15)14-10-18-19-16(14)11-5-6-11/h7-11,13H,1-6H2,(H,18,19). The minimum atomic E-state index is 0.352. The predicted octanol–water partition coefficient (Wildman–Crippen LogP) is 3.67. The van der Waals surface area contributed by atoms with Crippen molar-refractivity contribution in [2.45, 2.75) is 50.5 Å². The maximum atomic E-state index is 5.99. The molecule has 2 aromatic rings. The van der Waals surface area contributed by atoms with Gasteiger partial charge < -0.3 is 4.74 Å². The summed E-state index contributed by atoms with van der Waals surface area (Å²) >= 11 is 0. The molecule has 0 saturated heterocycles. The molecule has 0 bridgehead atoms. The van der Waals surface area contributed by atoms with Crippen LogP contribution in [0.5, 0.6) is 5.88 Å². The number of pyridine rings is 1. The summed E-state index contributed by atoms with van der Waals surface area (Å²) in [6.07, 6.45) is 11.5. The SMILES string of the molecule is c1cc(-c2cn[nH]c2C2CC2)cc(OC2CCCC2)n1. The zero-order chi connectivity index (χ0) is 13.4. The first-order valence-electron chi connectivity index (χ1n) is 7.56. The van der Waals surface area contributed by atoms with Crippen LogP contribution in [0.3, 0.4) is 0 Å². The minimum Gasteiger partial charge on any atom is -0.474 e. The summed E-state index contributed by atoms with van der Waals surface area (Å²) in [5.74, 6) is 1.41. The lowest BCUT2D eigenvalue weighted by atomic mass is 10.1. The molecular formula is C16H19N3O. The number of hydrogen-bond acceptors (Lipinski definition) is 3. The van der Waals surface area contributed by atoms with Gasteiger partial charge in [-0.1, -0.05) is 0 Å². The second kappa shape index (κ2) is 4.93. The molecule has 0 radical (unpaired) electrons. The highest BCUT2D eigenvalue weighted by atomic mass is 16.5. The molecule has 2 aliphatic carbocycles. The van der Waals surface area contributed by atoms with Crippen LogP contribution in [0.1, 0.15) is 50.1 Å². The second-order valence-corrected chi connectivity index (χ2v) is 5.88. The summed E-state index contributed by atoms with van der Waals surface area (Å²) in [7, 11) is 0. The Morgan fingerprint density at radius 2 is 2.00 bits per heavy atom. The molecule has 2 heterocycles. The van der Waals surface area contributed by atoms with Crippen molar-refractivity contribution < 1.29 is 4.74 Å². The molecule has 0 atom stereocenters. The fourth-order valence-corrected chi connectivity index (χ4v) is 3.03. The van der Waals surface area contributed by atoms with Crippen molar-refractivity contribution in [2.75, 3.05) is 0 Å². The van der Waals surface area contributed by atoms with Crippen molar-refractivity contribution >= 4 is 0 Å². The van der Waals surface area contributed by atoms with Gasteiger partial charge in [-0.25, -0.2) is 4.98 Å². The maximum Gasteiger partial charge on any atom is 0.214 e. The van der Waals surface area contributed by atoms with Crippen molar-refractivity contribution in [1.82, 2.24) is 15.2 Å². The molecule has 20 heavy (non-hydrogen) atoms. The van der Waals surface area contributed by atoms with E-state index in [1.165, 1.54) is 36.9 Å². The molecule has 2 aliphatic rings. The van der Waals surface area contributed by atoms with Crippen molar-refractivity contribution in [1.29, 1.82) is 0 Å². The van der Waals surface area contributed by atoms with Crippen LogP contribution in [0, 0.1) is 0 Å². The molecule has 4 rings (SSSR count). The van der Waals surface area contributed by atoms with E-state index < -0.39 is 0 Å². The molecule has 4 nitrogen and oxygen atoms in total. The van der Waals surface area contributed by atoms with Crippen LogP contribution in [0.25, 0.3) is 11.1 Å². The highest BCUT2D eigenvalue weighted by Gasteiger charge is 2.28. The topological polar surface area (TPSA) is 50.8 Å². The smallest absolute Gasteiger partial charge is 0.214 e. The third kappa shape index (κ3) is 2.30. The number of rotatable bonds is 4. The Morgan fingerprint density at radius 1 is 1.15 bits per heavy atom. The van der Waals surface area contributed by atoms with E-state index in [1.54, 1.807) is 0 Å². The molecule has 0 spiro atoms. The molecule has 0 unspecified atom stereocenters. The fraction of sp³-hybridized carbons (Fsp3) is 0.500. The Bertz CT molecular complexity index is 597. The van der Waals surface area contributed by atoms with Gasteiger partial charge in [0.25, 0.3) is 0 Å². The second-order valence-electron chi connectivity index (χ2n) is 5.88. The van der Waals surface area contributed by atoms with Gasteiger partial charge in [-0.05, 0) is 50.2 Å². The van der Waals surface area contributed by atoms with E-state index in [1.807, 2.05) is 18.5 Å². The lowest BCUT2D eigenvalue weighted by Crippen LogP contribution is -2.11. The number of aromatic amines is 1. The Kier molecular flexibility index (Phi) is 2.94. The van der Waals surface area contributed by atoms with Gasteiger partial charge in [0.15, 0.2) is 0 Å². The van der Waals surface area contributed by atoms with Crippen molar-refractivity contribution in [2.24, 2.45) is 0 Å². The normalized spacial score (nSPS) is 19.4. The third-order valence-corrected chi connectivity index (χ3v) is 4.29. The van der Waals surface area contributed by atoms with E-state index in [9.17, 15) is 0 Å². The van der Waals surface area contributed by atoms with E-state index in [2.05, 4.69) is 21.2 Å². The van der Waals surface area contributed by atoms with Crippen LogP contribution >= 0.6 is 0 Å². The van der Waals surface area contributed by atoms with Gasteiger partial charge in [0.2, 0.25) is 5.88 Å². The molecule has 104 valence electrons. The van der Waals surface area contributed by atoms with Crippen LogP contribution in [0.15, 0.2) is 24.5 Å². The summed E-state index contributed by atoms with van der Waals surface area (Å²) in [5.41, 5.74) is 3.62. The van der Waals surface area contributed by atoms with Crippen LogP contribution < -0.4 is 4.74 Å². The number of ether oxygens (including phenoxy) is 1. The van der Waals surface area contributed by atoms with Gasteiger partial charge in [-0.3, -0.25) is 5.10 Å². The highest BCUT2D eigenvalue weighted by Crippen LogP contribution is 2.43. The number of hydrogen-bond donors (Lipinski definition) is 1. The number of nitrogens with zero attached hydrogens (tertiary/aromatic N) is 2.